The Bertz CT molecular complexity index is 521. The summed E-state index contributed by atoms with van der Waals surface area (Å²) in [6, 6.07) is 4.06. The van der Waals surface area contributed by atoms with Crippen molar-refractivity contribution in [3.63, 3.8) is 0 Å². The fourth-order valence-corrected chi connectivity index (χ4v) is 2.98. The van der Waals surface area contributed by atoms with Crippen molar-refractivity contribution in [1.29, 1.82) is 0 Å². The van der Waals surface area contributed by atoms with Gasteiger partial charge in [-0.1, -0.05) is 6.07 Å². The third-order valence-corrected chi connectivity index (χ3v) is 3.91. The van der Waals surface area contributed by atoms with E-state index in [1.54, 1.807) is 17.8 Å². The molecule has 5 heteroatoms. The van der Waals surface area contributed by atoms with Crippen LogP contribution >= 0.6 is 0 Å². The molecule has 2 fully saturated rings. The Morgan fingerprint density at radius 3 is 3.00 bits per heavy atom. The molecule has 1 amide bonds. The van der Waals surface area contributed by atoms with Gasteiger partial charge in [-0.25, -0.2) is 0 Å². The smallest absolute Gasteiger partial charge is 0.254 e. The van der Waals surface area contributed by atoms with Crippen molar-refractivity contribution >= 4 is 5.91 Å². The second kappa shape index (κ2) is 4.24. The third-order valence-electron chi connectivity index (χ3n) is 3.91. The molecule has 2 atom stereocenters. The molecule has 2 aliphatic rings. The van der Waals surface area contributed by atoms with Gasteiger partial charge in [0.1, 0.15) is 0 Å². The van der Waals surface area contributed by atoms with Crippen molar-refractivity contribution in [3.05, 3.63) is 34.2 Å². The highest BCUT2D eigenvalue weighted by Gasteiger charge is 2.39. The minimum absolute atomic E-state index is 0.0681. The fraction of sp³-hybridized carbons (Fsp3) is 0.538. The molecule has 3 rings (SSSR count). The van der Waals surface area contributed by atoms with E-state index in [1.165, 1.54) is 0 Å². The highest BCUT2D eigenvalue weighted by molar-refractivity contribution is 5.79. The van der Waals surface area contributed by atoms with Crippen LogP contribution in [0.15, 0.2) is 23.1 Å². The molecule has 0 bridgehead atoms. The van der Waals surface area contributed by atoms with Crippen molar-refractivity contribution < 1.29 is 4.79 Å². The first-order chi connectivity index (χ1) is 8.63. The molecule has 0 radical (unpaired) electrons. The monoisotopic (exact) mass is 247 g/mol. The minimum atomic E-state index is 0.0681. The summed E-state index contributed by atoms with van der Waals surface area (Å²) in [7, 11) is 1.77. The van der Waals surface area contributed by atoms with E-state index < -0.39 is 0 Å². The van der Waals surface area contributed by atoms with Gasteiger partial charge in [-0.05, 0) is 6.07 Å². The molecular weight excluding hydrogens is 230 g/mol. The summed E-state index contributed by atoms with van der Waals surface area (Å²) >= 11 is 0. The maximum atomic E-state index is 11.9. The lowest BCUT2D eigenvalue weighted by molar-refractivity contribution is -0.119. The van der Waals surface area contributed by atoms with Gasteiger partial charge in [0.2, 0.25) is 5.91 Å². The average molecular weight is 247 g/mol. The predicted octanol–water partition coefficient (Wildman–Crippen LogP) is -0.294. The largest absolute Gasteiger partial charge is 0.352 e. The molecule has 18 heavy (non-hydrogen) atoms. The van der Waals surface area contributed by atoms with E-state index in [1.807, 2.05) is 12.1 Å². The highest BCUT2D eigenvalue weighted by Crippen LogP contribution is 2.25. The Morgan fingerprint density at radius 2 is 2.22 bits per heavy atom. The van der Waals surface area contributed by atoms with Crippen LogP contribution in [0.2, 0.25) is 0 Å². The van der Waals surface area contributed by atoms with Crippen LogP contribution in [0, 0.1) is 5.92 Å². The van der Waals surface area contributed by atoms with Crippen LogP contribution in [0.25, 0.3) is 0 Å². The number of nitrogens with zero attached hydrogens (tertiary/aromatic N) is 2. The van der Waals surface area contributed by atoms with Crippen molar-refractivity contribution in [3.8, 4) is 0 Å². The van der Waals surface area contributed by atoms with E-state index in [2.05, 4.69) is 10.2 Å². The molecular formula is C13H17N3O2. The van der Waals surface area contributed by atoms with Gasteiger partial charge in [0.05, 0.1) is 0 Å². The van der Waals surface area contributed by atoms with Gasteiger partial charge in [0.25, 0.3) is 5.56 Å². The Kier molecular flexibility index (Phi) is 2.70. The summed E-state index contributed by atoms with van der Waals surface area (Å²) in [5, 5.41) is 2.99. The quantitative estimate of drug-likeness (QED) is 0.781. The number of aryl methyl sites for hydroxylation is 1. The van der Waals surface area contributed by atoms with Crippen LogP contribution in [-0.2, 0) is 18.4 Å². The average Bonchev–Trinajstić information content (AvgIpc) is 2.81. The van der Waals surface area contributed by atoms with Gasteiger partial charge in [0.15, 0.2) is 0 Å². The molecule has 96 valence electrons. The third kappa shape index (κ3) is 1.95. The van der Waals surface area contributed by atoms with Crippen molar-refractivity contribution in [1.82, 2.24) is 14.8 Å². The molecule has 0 unspecified atom stereocenters. The summed E-state index contributed by atoms with van der Waals surface area (Å²) in [4.78, 5) is 25.4. The Labute approximate surface area is 105 Å². The first-order valence-corrected chi connectivity index (χ1v) is 6.30. The number of rotatable bonds is 2. The molecule has 1 aromatic heterocycles. The SMILES string of the molecule is Cn1cccc(CN2C[C@@H]3CC(=O)N[C@@H]3C2)c1=O. The molecule has 2 saturated heterocycles. The standard InChI is InChI=1S/C13H17N3O2/c1-15-4-2-3-9(13(15)18)6-16-7-10-5-12(17)14-11(10)8-16/h2-4,10-11H,5-8H2,1H3,(H,14,17)/t10-,11+/m0/s1. The predicted molar refractivity (Wildman–Crippen MR) is 67.0 cm³/mol. The van der Waals surface area contributed by atoms with E-state index in [9.17, 15) is 9.59 Å². The summed E-state index contributed by atoms with van der Waals surface area (Å²) in [6.07, 6.45) is 2.40. The number of aromatic nitrogens is 1. The first kappa shape index (κ1) is 11.5. The number of hydrogen-bond donors (Lipinski definition) is 1. The second-order valence-corrected chi connectivity index (χ2v) is 5.28. The Hall–Kier alpha value is -1.62. The topological polar surface area (TPSA) is 54.3 Å². The van der Waals surface area contributed by atoms with E-state index >= 15 is 0 Å². The second-order valence-electron chi connectivity index (χ2n) is 5.28. The lowest BCUT2D eigenvalue weighted by Crippen LogP contribution is -2.33. The fourth-order valence-electron chi connectivity index (χ4n) is 2.98. The molecule has 1 aromatic rings. The first-order valence-electron chi connectivity index (χ1n) is 6.30. The van der Waals surface area contributed by atoms with E-state index in [0.717, 1.165) is 18.7 Å². The van der Waals surface area contributed by atoms with Gasteiger partial charge in [-0.15, -0.1) is 0 Å². The van der Waals surface area contributed by atoms with Crippen LogP contribution < -0.4 is 10.9 Å². The van der Waals surface area contributed by atoms with Crippen LogP contribution in [0.1, 0.15) is 12.0 Å². The van der Waals surface area contributed by atoms with Crippen LogP contribution in [0.5, 0.6) is 0 Å². The lowest BCUT2D eigenvalue weighted by Gasteiger charge is -2.16. The van der Waals surface area contributed by atoms with Crippen LogP contribution in [-0.4, -0.2) is 34.5 Å². The van der Waals surface area contributed by atoms with Gasteiger partial charge < -0.3 is 9.88 Å². The number of likely N-dealkylation sites (tertiary alicyclic amines) is 1. The van der Waals surface area contributed by atoms with E-state index in [0.29, 0.717) is 18.9 Å². The number of hydrogen-bond acceptors (Lipinski definition) is 3. The maximum absolute atomic E-state index is 11.9. The summed E-state index contributed by atoms with van der Waals surface area (Å²) in [6.45, 7) is 2.44. The number of carbonyl (C=O) groups excluding carboxylic acids is 1. The molecule has 2 aliphatic heterocycles. The van der Waals surface area contributed by atoms with Gasteiger partial charge in [-0.2, -0.15) is 0 Å². The molecule has 5 nitrogen and oxygen atoms in total. The number of fused-ring (bicyclic) bond motifs is 1. The summed E-state index contributed by atoms with van der Waals surface area (Å²) < 4.78 is 1.61. The number of carbonyl (C=O) groups is 1. The zero-order chi connectivity index (χ0) is 12.7. The molecule has 0 aromatic carbocycles. The molecule has 0 spiro atoms. The van der Waals surface area contributed by atoms with Crippen LogP contribution in [0.4, 0.5) is 0 Å². The molecule has 0 saturated carbocycles. The summed E-state index contributed by atoms with van der Waals surface area (Å²) in [5.41, 5.74) is 0.893. The zero-order valence-corrected chi connectivity index (χ0v) is 10.4. The maximum Gasteiger partial charge on any atom is 0.254 e. The van der Waals surface area contributed by atoms with Crippen molar-refractivity contribution in [2.45, 2.75) is 19.0 Å². The van der Waals surface area contributed by atoms with Crippen LogP contribution in [0.3, 0.4) is 0 Å². The molecule has 1 N–H and O–H groups in total. The molecule has 3 heterocycles. The summed E-state index contributed by atoms with van der Waals surface area (Å²) in [5.74, 6) is 0.588. The highest BCUT2D eigenvalue weighted by atomic mass is 16.2. The van der Waals surface area contributed by atoms with E-state index in [4.69, 9.17) is 0 Å². The minimum Gasteiger partial charge on any atom is -0.352 e. The zero-order valence-electron chi connectivity index (χ0n) is 10.4. The normalized spacial score (nSPS) is 27.3. The Morgan fingerprint density at radius 1 is 1.39 bits per heavy atom. The van der Waals surface area contributed by atoms with Gasteiger partial charge in [-0.3, -0.25) is 14.5 Å². The van der Waals surface area contributed by atoms with E-state index in [-0.39, 0.29) is 17.5 Å². The van der Waals surface area contributed by atoms with Gasteiger partial charge in [0, 0.05) is 56.8 Å². The number of pyridine rings is 1. The van der Waals surface area contributed by atoms with Gasteiger partial charge >= 0.3 is 0 Å². The molecule has 0 aliphatic carbocycles. The van der Waals surface area contributed by atoms with Crippen molar-refractivity contribution in [2.24, 2.45) is 13.0 Å². The number of amides is 1. The lowest BCUT2D eigenvalue weighted by atomic mass is 10.1. The Balaban J connectivity index is 1.70. The number of nitrogens with one attached hydrogen (secondary N) is 1. The van der Waals surface area contributed by atoms with Crippen molar-refractivity contribution in [2.75, 3.05) is 13.1 Å².